The third-order valence-electron chi connectivity index (χ3n) is 8.04. The highest BCUT2D eigenvalue weighted by molar-refractivity contribution is 7.81. The molecule has 2 aliphatic rings. The smallest absolute Gasteiger partial charge is 0.359 e. The largest absolute Gasteiger partial charge is 0.420 e. The minimum Gasteiger partial charge on any atom is -0.359 e. The Kier molecular flexibility index (Phi) is 14.9. The molecule has 0 aromatic heterocycles. The van der Waals surface area contributed by atoms with E-state index >= 15 is 4.39 Å². The van der Waals surface area contributed by atoms with Crippen molar-refractivity contribution >= 4 is 47.3 Å². The lowest BCUT2D eigenvalue weighted by Crippen LogP contribution is -2.44. The van der Waals surface area contributed by atoms with Crippen LogP contribution >= 0.6 is 12.2 Å². The summed E-state index contributed by atoms with van der Waals surface area (Å²) in [6.45, 7) is 9.46. The Balaban J connectivity index is 0.00000121. The number of rotatable bonds is 7. The third kappa shape index (κ3) is 8.26. The Morgan fingerprint density at radius 2 is 1.61 bits per heavy atom. The number of halogens is 5. The van der Waals surface area contributed by atoms with Gasteiger partial charge in [0.25, 0.3) is 5.91 Å². The number of aryl methyl sites for hydroxylation is 1. The number of amides is 2. The van der Waals surface area contributed by atoms with Gasteiger partial charge in [-0.3, -0.25) is 18.9 Å². The maximum Gasteiger partial charge on any atom is 0.420 e. The van der Waals surface area contributed by atoms with E-state index in [4.69, 9.17) is 22.3 Å². The number of carbonyl (C=O) groups is 3. The van der Waals surface area contributed by atoms with Gasteiger partial charge in [-0.25, -0.2) is 4.39 Å². The quantitative estimate of drug-likeness (QED) is 0.240. The second kappa shape index (κ2) is 17.1. The summed E-state index contributed by atoms with van der Waals surface area (Å²) >= 11 is 5.48. The van der Waals surface area contributed by atoms with Gasteiger partial charge in [-0.1, -0.05) is 45.2 Å². The number of carbonyl (C=O) groups excluding carboxylic acids is 3. The van der Waals surface area contributed by atoms with Crippen molar-refractivity contribution in [3.63, 3.8) is 0 Å². The molecule has 0 atom stereocenters. The Morgan fingerprint density at radius 1 is 1.07 bits per heavy atom. The summed E-state index contributed by atoms with van der Waals surface area (Å²) in [6, 6.07) is 10.3. The minimum absolute atomic E-state index is 0.0480. The first kappa shape index (κ1) is 40.1. The fourth-order valence-electron chi connectivity index (χ4n) is 5.20. The molecule has 46 heavy (non-hydrogen) atoms. The number of unbranched alkanes of at least 4 members (excludes halogenated alkanes) is 1. The van der Waals surface area contributed by atoms with Crippen LogP contribution in [0, 0.1) is 22.6 Å². The Morgan fingerprint density at radius 3 is 2.02 bits per heavy atom. The molecule has 4 rings (SSSR count). The van der Waals surface area contributed by atoms with Gasteiger partial charge in [-0.2, -0.15) is 18.4 Å². The van der Waals surface area contributed by atoms with Gasteiger partial charge in [0.1, 0.15) is 17.9 Å². The lowest BCUT2D eigenvalue weighted by molar-refractivity contribution is -0.140. The second-order valence-corrected chi connectivity index (χ2v) is 11.5. The van der Waals surface area contributed by atoms with Crippen molar-refractivity contribution in [3.05, 3.63) is 58.9 Å². The zero-order valence-corrected chi connectivity index (χ0v) is 27.8. The zero-order valence-electron chi connectivity index (χ0n) is 27.0. The number of nitrogens with one attached hydrogen (secondary N) is 1. The van der Waals surface area contributed by atoms with Crippen molar-refractivity contribution in [1.29, 1.82) is 5.26 Å². The highest BCUT2D eigenvalue weighted by Gasteiger charge is 2.52. The predicted octanol–water partition coefficient (Wildman–Crippen LogP) is 7.69. The SMILES string of the molecule is C=O.CCCC.CF.CNC(=O)C1(CCc2ccc(N3C(=S)N(c4ccc(C#N)c(C(F)(F)F)c4F)C(=O)C3(C)C)cc2)CCC1. The van der Waals surface area contributed by atoms with Crippen LogP contribution in [-0.2, 0) is 27.0 Å². The summed E-state index contributed by atoms with van der Waals surface area (Å²) in [7, 11) is 2.14. The van der Waals surface area contributed by atoms with Gasteiger partial charge in [0.2, 0.25) is 5.91 Å². The Bertz CT molecular complexity index is 1400. The van der Waals surface area contributed by atoms with Crippen LogP contribution in [0.3, 0.4) is 0 Å². The summed E-state index contributed by atoms with van der Waals surface area (Å²) in [5.74, 6) is -2.39. The molecule has 2 amide bonds. The van der Waals surface area contributed by atoms with Gasteiger partial charge in [-0.05, 0) is 81.6 Å². The van der Waals surface area contributed by atoms with Gasteiger partial charge in [0, 0.05) is 18.2 Å². The second-order valence-electron chi connectivity index (χ2n) is 11.1. The van der Waals surface area contributed by atoms with Crippen LogP contribution in [0.15, 0.2) is 36.4 Å². The molecule has 0 bridgehead atoms. The lowest BCUT2D eigenvalue weighted by atomic mass is 9.65. The van der Waals surface area contributed by atoms with Crippen molar-refractivity contribution in [2.75, 3.05) is 24.0 Å². The molecule has 13 heteroatoms. The number of benzene rings is 2. The van der Waals surface area contributed by atoms with Gasteiger partial charge >= 0.3 is 6.18 Å². The van der Waals surface area contributed by atoms with Gasteiger partial charge in [-0.15, -0.1) is 0 Å². The molecule has 1 saturated heterocycles. The van der Waals surface area contributed by atoms with Crippen molar-refractivity contribution < 1.29 is 36.3 Å². The van der Waals surface area contributed by atoms with E-state index < -0.39 is 40.3 Å². The van der Waals surface area contributed by atoms with E-state index in [-0.39, 0.29) is 16.4 Å². The number of nitriles is 1. The molecule has 1 aliphatic carbocycles. The first-order valence-electron chi connectivity index (χ1n) is 14.7. The minimum atomic E-state index is -5.14. The molecule has 1 saturated carbocycles. The number of hydrogen-bond acceptors (Lipinski definition) is 5. The highest BCUT2D eigenvalue weighted by Crippen LogP contribution is 2.45. The Labute approximate surface area is 272 Å². The predicted molar refractivity (Wildman–Crippen MR) is 173 cm³/mol. The maximum atomic E-state index is 15.2. The molecule has 2 aromatic carbocycles. The van der Waals surface area contributed by atoms with E-state index in [9.17, 15) is 27.2 Å². The molecule has 1 N–H and O–H groups in total. The molecule has 2 fully saturated rings. The van der Waals surface area contributed by atoms with E-state index in [1.807, 2.05) is 18.9 Å². The molecule has 0 spiro atoms. The summed E-state index contributed by atoms with van der Waals surface area (Å²) in [5, 5.41) is 11.6. The molecule has 1 heterocycles. The van der Waals surface area contributed by atoms with E-state index in [1.165, 1.54) is 23.8 Å². The fourth-order valence-corrected chi connectivity index (χ4v) is 5.72. The van der Waals surface area contributed by atoms with Crippen LogP contribution in [0.25, 0.3) is 0 Å². The molecule has 2 aromatic rings. The number of nitrogens with zero attached hydrogens (tertiary/aromatic N) is 3. The number of anilines is 2. The average molecular weight is 669 g/mol. The summed E-state index contributed by atoms with van der Waals surface area (Å²) < 4.78 is 65.3. The number of thiocarbonyl (C=S) groups is 1. The topological polar surface area (TPSA) is 93.5 Å². The monoisotopic (exact) mass is 668 g/mol. The average Bonchev–Trinajstić information content (AvgIpc) is 3.20. The van der Waals surface area contributed by atoms with Crippen molar-refractivity contribution in [1.82, 2.24) is 5.32 Å². The summed E-state index contributed by atoms with van der Waals surface area (Å²) in [4.78, 5) is 35.9. The first-order valence-corrected chi connectivity index (χ1v) is 15.1. The van der Waals surface area contributed by atoms with Gasteiger partial charge in [0.05, 0.1) is 24.5 Å². The highest BCUT2D eigenvalue weighted by atomic mass is 32.1. The van der Waals surface area contributed by atoms with E-state index in [2.05, 4.69) is 19.2 Å². The van der Waals surface area contributed by atoms with Crippen molar-refractivity contribution in [3.8, 4) is 6.07 Å². The van der Waals surface area contributed by atoms with Crippen LogP contribution in [0.1, 0.15) is 82.9 Å². The maximum absolute atomic E-state index is 15.2. The van der Waals surface area contributed by atoms with Crippen LogP contribution in [-0.4, -0.2) is 43.5 Å². The van der Waals surface area contributed by atoms with Gasteiger partial charge in [0.15, 0.2) is 10.9 Å². The summed E-state index contributed by atoms with van der Waals surface area (Å²) in [5.41, 5.74) is -3.49. The van der Waals surface area contributed by atoms with Crippen molar-refractivity contribution in [2.45, 2.75) is 84.4 Å². The molecular weight excluding hydrogens is 627 g/mol. The van der Waals surface area contributed by atoms with E-state index in [0.29, 0.717) is 25.7 Å². The molecule has 1 aliphatic heterocycles. The van der Waals surface area contributed by atoms with Gasteiger partial charge < -0.3 is 15.0 Å². The van der Waals surface area contributed by atoms with Crippen LogP contribution < -0.4 is 15.1 Å². The molecular formula is C33H41F5N4O3S. The molecule has 252 valence electrons. The van der Waals surface area contributed by atoms with Crippen LogP contribution in [0.4, 0.5) is 33.3 Å². The summed E-state index contributed by atoms with van der Waals surface area (Å²) in [6.07, 6.45) is 1.58. The van der Waals surface area contributed by atoms with Crippen molar-refractivity contribution in [2.24, 2.45) is 5.41 Å². The van der Waals surface area contributed by atoms with Crippen LogP contribution in [0.2, 0.25) is 0 Å². The van der Waals surface area contributed by atoms with E-state index in [0.717, 1.165) is 41.9 Å². The fraction of sp³-hybridized carbons (Fsp3) is 0.485. The standard InChI is InChI=1S/C27H26F4N4O2S.C4H10.CH3F.CH2O/c1-25(2)23(37)34(19-10-7-17(15-32)20(21(19)28)27(29,30)31)24(38)35(25)18-8-5-16(6-9-18)11-14-26(12-4-13-26)22(36)33-3;1-3-4-2;2*1-2/h5-10H,4,11-14H2,1-3H3,(H,33,36);3-4H2,1-2H3;1H3;1H2. The molecule has 0 unspecified atom stereocenters. The third-order valence-corrected chi connectivity index (χ3v) is 8.41. The molecule has 0 radical (unpaired) electrons. The van der Waals surface area contributed by atoms with Crippen LogP contribution in [0.5, 0.6) is 0 Å². The number of hydrogen-bond donors (Lipinski definition) is 1. The molecule has 7 nitrogen and oxygen atoms in total. The lowest BCUT2D eigenvalue weighted by Gasteiger charge is -2.40. The first-order chi connectivity index (χ1) is 21.7. The Hall–Kier alpha value is -3.92. The zero-order chi connectivity index (χ0) is 35.5. The van der Waals surface area contributed by atoms with E-state index in [1.54, 1.807) is 33.0 Å². The normalized spacial score (nSPS) is 16.0. The number of alkyl halides is 4.